The van der Waals surface area contributed by atoms with E-state index in [-0.39, 0.29) is 5.91 Å². The van der Waals surface area contributed by atoms with Gasteiger partial charge >= 0.3 is 0 Å². The summed E-state index contributed by atoms with van der Waals surface area (Å²) in [7, 11) is 0. The second-order valence-electron chi connectivity index (χ2n) is 3.03. The third-order valence-electron chi connectivity index (χ3n) is 2.02. The molecule has 2 N–H and O–H groups in total. The van der Waals surface area contributed by atoms with E-state index in [9.17, 15) is 4.79 Å². The highest BCUT2D eigenvalue weighted by Gasteiger charge is 2.16. The van der Waals surface area contributed by atoms with Crippen molar-refractivity contribution in [3.63, 3.8) is 0 Å². The van der Waals surface area contributed by atoms with Crippen LogP contribution in [-0.4, -0.2) is 29.9 Å². The number of nitrogens with two attached hydrogens (primary N) is 1. The van der Waals surface area contributed by atoms with Gasteiger partial charge in [0.2, 0.25) is 5.91 Å². The van der Waals surface area contributed by atoms with Crippen LogP contribution in [0.4, 0.5) is 0 Å². The predicted octanol–water partition coefficient (Wildman–Crippen LogP) is 0.986. The molecule has 0 saturated carbocycles. The van der Waals surface area contributed by atoms with Gasteiger partial charge in [0.15, 0.2) is 0 Å². The molecule has 0 radical (unpaired) electrons. The summed E-state index contributed by atoms with van der Waals surface area (Å²) in [6.07, 6.45) is 1.27. The molecule has 0 aromatic heterocycles. The van der Waals surface area contributed by atoms with Crippen molar-refractivity contribution in [1.82, 2.24) is 4.90 Å². The SMILES string of the molecule is CCC#CCC(N)C(=O)N(CC)CC. The van der Waals surface area contributed by atoms with E-state index in [0.29, 0.717) is 19.5 Å². The molecule has 80 valence electrons. The topological polar surface area (TPSA) is 46.3 Å². The van der Waals surface area contributed by atoms with Gasteiger partial charge in [-0.3, -0.25) is 4.79 Å². The number of nitrogens with zero attached hydrogens (tertiary/aromatic N) is 1. The second kappa shape index (κ2) is 7.40. The summed E-state index contributed by atoms with van der Waals surface area (Å²) in [5.74, 6) is 5.80. The lowest BCUT2D eigenvalue weighted by molar-refractivity contribution is -0.132. The average Bonchev–Trinajstić information content (AvgIpc) is 2.19. The summed E-state index contributed by atoms with van der Waals surface area (Å²) in [6.45, 7) is 7.30. The Labute approximate surface area is 86.6 Å². The molecule has 0 aliphatic carbocycles. The van der Waals surface area contributed by atoms with E-state index in [2.05, 4.69) is 11.8 Å². The van der Waals surface area contributed by atoms with Crippen molar-refractivity contribution < 1.29 is 4.79 Å². The Morgan fingerprint density at radius 2 is 1.86 bits per heavy atom. The fourth-order valence-corrected chi connectivity index (χ4v) is 1.16. The van der Waals surface area contributed by atoms with Crippen LogP contribution in [-0.2, 0) is 4.79 Å². The van der Waals surface area contributed by atoms with Crippen LogP contribution >= 0.6 is 0 Å². The molecular formula is C11H20N2O. The van der Waals surface area contributed by atoms with Gasteiger partial charge in [-0.2, -0.15) is 0 Å². The molecule has 3 nitrogen and oxygen atoms in total. The van der Waals surface area contributed by atoms with Crippen LogP contribution in [0.3, 0.4) is 0 Å². The molecule has 0 bridgehead atoms. The van der Waals surface area contributed by atoms with Gasteiger partial charge in [0.1, 0.15) is 0 Å². The molecule has 1 amide bonds. The highest BCUT2D eigenvalue weighted by molar-refractivity contribution is 5.81. The Morgan fingerprint density at radius 1 is 1.29 bits per heavy atom. The number of likely N-dealkylation sites (N-methyl/N-ethyl adjacent to an activating group) is 1. The highest BCUT2D eigenvalue weighted by Crippen LogP contribution is 1.96. The van der Waals surface area contributed by atoms with Gasteiger partial charge in [-0.05, 0) is 13.8 Å². The molecule has 1 unspecified atom stereocenters. The first kappa shape index (κ1) is 13.0. The molecule has 0 fully saturated rings. The number of hydrogen-bond donors (Lipinski definition) is 1. The minimum atomic E-state index is -0.464. The zero-order valence-electron chi connectivity index (χ0n) is 9.34. The molecule has 0 heterocycles. The average molecular weight is 196 g/mol. The maximum Gasteiger partial charge on any atom is 0.240 e. The molecule has 0 saturated heterocycles. The summed E-state index contributed by atoms with van der Waals surface area (Å²) >= 11 is 0. The second-order valence-corrected chi connectivity index (χ2v) is 3.03. The quantitative estimate of drug-likeness (QED) is 0.681. The third-order valence-corrected chi connectivity index (χ3v) is 2.02. The van der Waals surface area contributed by atoms with Gasteiger partial charge in [0, 0.05) is 25.9 Å². The Balaban J connectivity index is 4.09. The van der Waals surface area contributed by atoms with Crippen molar-refractivity contribution in [3.05, 3.63) is 0 Å². The van der Waals surface area contributed by atoms with Crippen molar-refractivity contribution in [3.8, 4) is 11.8 Å². The smallest absolute Gasteiger partial charge is 0.240 e. The van der Waals surface area contributed by atoms with Gasteiger partial charge in [-0.15, -0.1) is 11.8 Å². The fraction of sp³-hybridized carbons (Fsp3) is 0.727. The van der Waals surface area contributed by atoms with Crippen molar-refractivity contribution >= 4 is 5.91 Å². The van der Waals surface area contributed by atoms with E-state index in [1.54, 1.807) is 4.90 Å². The van der Waals surface area contributed by atoms with Crippen molar-refractivity contribution in [2.24, 2.45) is 5.73 Å². The highest BCUT2D eigenvalue weighted by atomic mass is 16.2. The number of carbonyl (C=O) groups excluding carboxylic acids is 1. The number of amides is 1. The van der Waals surface area contributed by atoms with Crippen LogP contribution in [0.15, 0.2) is 0 Å². The van der Waals surface area contributed by atoms with E-state index in [4.69, 9.17) is 5.73 Å². The van der Waals surface area contributed by atoms with E-state index in [1.807, 2.05) is 20.8 Å². The van der Waals surface area contributed by atoms with Crippen molar-refractivity contribution in [1.29, 1.82) is 0 Å². The number of carbonyl (C=O) groups is 1. The molecule has 14 heavy (non-hydrogen) atoms. The summed E-state index contributed by atoms with van der Waals surface area (Å²) in [5, 5.41) is 0. The van der Waals surface area contributed by atoms with E-state index < -0.39 is 6.04 Å². The van der Waals surface area contributed by atoms with Crippen LogP contribution in [0, 0.1) is 11.8 Å². The van der Waals surface area contributed by atoms with Crippen LogP contribution in [0.25, 0.3) is 0 Å². The normalized spacial score (nSPS) is 11.4. The first-order valence-corrected chi connectivity index (χ1v) is 5.17. The van der Waals surface area contributed by atoms with Crippen molar-refractivity contribution in [2.45, 2.75) is 39.7 Å². The lowest BCUT2D eigenvalue weighted by atomic mass is 10.2. The number of hydrogen-bond acceptors (Lipinski definition) is 2. The standard InChI is InChI=1S/C11H20N2O/c1-4-7-8-9-10(12)11(14)13(5-2)6-3/h10H,4-6,9,12H2,1-3H3. The van der Waals surface area contributed by atoms with Gasteiger partial charge in [-0.25, -0.2) is 0 Å². The lowest BCUT2D eigenvalue weighted by Gasteiger charge is -2.21. The first-order valence-electron chi connectivity index (χ1n) is 5.17. The Kier molecular flexibility index (Phi) is 6.87. The molecule has 0 aliphatic heterocycles. The minimum Gasteiger partial charge on any atom is -0.342 e. The first-order chi connectivity index (χ1) is 6.67. The summed E-state index contributed by atoms with van der Waals surface area (Å²) in [4.78, 5) is 13.4. The van der Waals surface area contributed by atoms with Gasteiger partial charge < -0.3 is 10.6 Å². The minimum absolute atomic E-state index is 0.000373. The third kappa shape index (κ3) is 4.29. The Hall–Kier alpha value is -1.01. The molecular weight excluding hydrogens is 176 g/mol. The zero-order valence-corrected chi connectivity index (χ0v) is 9.34. The van der Waals surface area contributed by atoms with E-state index in [0.717, 1.165) is 6.42 Å². The van der Waals surface area contributed by atoms with E-state index >= 15 is 0 Å². The maximum atomic E-state index is 11.6. The lowest BCUT2D eigenvalue weighted by Crippen LogP contribution is -2.43. The van der Waals surface area contributed by atoms with Crippen LogP contribution in [0.2, 0.25) is 0 Å². The van der Waals surface area contributed by atoms with Crippen molar-refractivity contribution in [2.75, 3.05) is 13.1 Å². The molecule has 1 atom stereocenters. The van der Waals surface area contributed by atoms with Crippen LogP contribution < -0.4 is 5.73 Å². The number of rotatable bonds is 4. The van der Waals surface area contributed by atoms with Gasteiger partial charge in [0.05, 0.1) is 6.04 Å². The summed E-state index contributed by atoms with van der Waals surface area (Å²) in [6, 6.07) is -0.464. The molecule has 3 heteroatoms. The largest absolute Gasteiger partial charge is 0.342 e. The molecule has 0 aromatic rings. The van der Waals surface area contributed by atoms with Crippen LogP contribution in [0.5, 0.6) is 0 Å². The van der Waals surface area contributed by atoms with E-state index in [1.165, 1.54) is 0 Å². The summed E-state index contributed by atoms with van der Waals surface area (Å²) in [5.41, 5.74) is 5.72. The van der Waals surface area contributed by atoms with Gasteiger partial charge in [0.25, 0.3) is 0 Å². The predicted molar refractivity (Wildman–Crippen MR) is 58.6 cm³/mol. The fourth-order valence-electron chi connectivity index (χ4n) is 1.16. The Bertz CT molecular complexity index is 223. The summed E-state index contributed by atoms with van der Waals surface area (Å²) < 4.78 is 0. The van der Waals surface area contributed by atoms with Gasteiger partial charge in [-0.1, -0.05) is 6.92 Å². The molecule has 0 spiro atoms. The molecule has 0 rings (SSSR count). The monoisotopic (exact) mass is 196 g/mol. The molecule has 0 aliphatic rings. The van der Waals surface area contributed by atoms with Crippen LogP contribution in [0.1, 0.15) is 33.6 Å². The molecule has 0 aromatic carbocycles. The maximum absolute atomic E-state index is 11.6. The zero-order chi connectivity index (χ0) is 11.0. The Morgan fingerprint density at radius 3 is 2.29 bits per heavy atom.